The Bertz CT molecular complexity index is 451. The standard InChI is InChI=1S/C16H22BrCl/c1-10-9-14(17)11(2)8-12(10)15(18)13-6-5-7-16(13,3)4/h8-9,13,15H,5-7H2,1-4H3. The maximum absolute atomic E-state index is 6.81. The molecule has 0 amide bonds. The highest BCUT2D eigenvalue weighted by Gasteiger charge is 2.39. The molecule has 2 unspecified atom stereocenters. The number of aryl methyl sites for hydroxylation is 2. The molecule has 1 fully saturated rings. The second kappa shape index (κ2) is 5.17. The fourth-order valence-electron chi connectivity index (χ4n) is 3.21. The Morgan fingerprint density at radius 1 is 1.28 bits per heavy atom. The molecule has 0 spiro atoms. The first-order valence-corrected chi connectivity index (χ1v) is 7.96. The van der Waals surface area contributed by atoms with Gasteiger partial charge in [-0.3, -0.25) is 0 Å². The van der Waals surface area contributed by atoms with Crippen LogP contribution in [0.2, 0.25) is 0 Å². The molecule has 0 aromatic heterocycles. The smallest absolute Gasteiger partial charge is 0.0621 e. The molecule has 1 aliphatic rings. The molecule has 0 N–H and O–H groups in total. The number of hydrogen-bond donors (Lipinski definition) is 0. The van der Waals surface area contributed by atoms with Gasteiger partial charge < -0.3 is 0 Å². The lowest BCUT2D eigenvalue weighted by Crippen LogP contribution is -2.22. The van der Waals surface area contributed by atoms with Crippen LogP contribution >= 0.6 is 27.5 Å². The van der Waals surface area contributed by atoms with Gasteiger partial charge in [0.2, 0.25) is 0 Å². The van der Waals surface area contributed by atoms with Gasteiger partial charge in [-0.2, -0.15) is 0 Å². The molecule has 18 heavy (non-hydrogen) atoms. The molecule has 1 aromatic carbocycles. The van der Waals surface area contributed by atoms with Crippen molar-refractivity contribution in [2.75, 3.05) is 0 Å². The third-order valence-electron chi connectivity index (χ3n) is 4.54. The van der Waals surface area contributed by atoms with Gasteiger partial charge in [0, 0.05) is 4.47 Å². The van der Waals surface area contributed by atoms with Crippen LogP contribution in [0.3, 0.4) is 0 Å². The normalized spacial score (nSPS) is 24.2. The average Bonchev–Trinajstić information content (AvgIpc) is 2.62. The van der Waals surface area contributed by atoms with E-state index in [1.165, 1.54) is 40.4 Å². The van der Waals surface area contributed by atoms with Crippen LogP contribution in [0, 0.1) is 25.2 Å². The Hall–Kier alpha value is -0.0100. The summed E-state index contributed by atoms with van der Waals surface area (Å²) in [5.74, 6) is 0.596. The van der Waals surface area contributed by atoms with Crippen molar-refractivity contribution in [3.8, 4) is 0 Å². The summed E-state index contributed by atoms with van der Waals surface area (Å²) in [7, 11) is 0. The van der Waals surface area contributed by atoms with E-state index < -0.39 is 0 Å². The summed E-state index contributed by atoms with van der Waals surface area (Å²) in [6, 6.07) is 4.45. The lowest BCUT2D eigenvalue weighted by molar-refractivity contribution is 0.252. The van der Waals surface area contributed by atoms with Gasteiger partial charge >= 0.3 is 0 Å². The molecule has 2 rings (SSSR count). The number of hydrogen-bond acceptors (Lipinski definition) is 0. The molecule has 0 heterocycles. The molecule has 0 saturated heterocycles. The van der Waals surface area contributed by atoms with E-state index in [4.69, 9.17) is 11.6 Å². The molecular formula is C16H22BrCl. The molecule has 2 heteroatoms. The van der Waals surface area contributed by atoms with Crippen LogP contribution < -0.4 is 0 Å². The summed E-state index contributed by atoms with van der Waals surface area (Å²) in [5, 5.41) is 0.147. The maximum Gasteiger partial charge on any atom is 0.0621 e. The van der Waals surface area contributed by atoms with E-state index in [1.807, 2.05) is 0 Å². The maximum atomic E-state index is 6.81. The molecule has 0 bridgehead atoms. The predicted molar refractivity (Wildman–Crippen MR) is 83.3 cm³/mol. The minimum absolute atomic E-state index is 0.147. The van der Waals surface area contributed by atoms with Gasteiger partial charge in [0.15, 0.2) is 0 Å². The molecule has 2 atom stereocenters. The lowest BCUT2D eigenvalue weighted by Gasteiger charge is -2.32. The quantitative estimate of drug-likeness (QED) is 0.569. The first-order chi connectivity index (χ1) is 8.33. The highest BCUT2D eigenvalue weighted by Crippen LogP contribution is 2.51. The summed E-state index contributed by atoms with van der Waals surface area (Å²) in [6.45, 7) is 9.02. The number of benzene rings is 1. The van der Waals surface area contributed by atoms with Crippen LogP contribution in [-0.2, 0) is 0 Å². The Balaban J connectivity index is 2.34. The van der Waals surface area contributed by atoms with E-state index in [0.717, 1.165) is 0 Å². The SMILES string of the molecule is Cc1cc(C(Cl)C2CCCC2(C)C)c(C)cc1Br. The van der Waals surface area contributed by atoms with Crippen LogP contribution in [0.4, 0.5) is 0 Å². The molecule has 100 valence electrons. The van der Waals surface area contributed by atoms with Crippen LogP contribution in [0.1, 0.15) is 55.2 Å². The first kappa shape index (κ1) is 14.4. The number of alkyl halides is 1. The summed E-state index contributed by atoms with van der Waals surface area (Å²) < 4.78 is 1.18. The van der Waals surface area contributed by atoms with Crippen molar-refractivity contribution in [3.05, 3.63) is 33.3 Å². The fourth-order valence-corrected chi connectivity index (χ4v) is 4.37. The highest BCUT2D eigenvalue weighted by molar-refractivity contribution is 9.10. The van der Waals surface area contributed by atoms with Gasteiger partial charge in [-0.05, 0) is 60.8 Å². The Morgan fingerprint density at radius 2 is 1.94 bits per heavy atom. The van der Waals surface area contributed by atoms with Gasteiger partial charge in [-0.25, -0.2) is 0 Å². The molecule has 1 aliphatic carbocycles. The van der Waals surface area contributed by atoms with Gasteiger partial charge in [-0.15, -0.1) is 11.6 Å². The number of rotatable bonds is 2. The van der Waals surface area contributed by atoms with E-state index in [2.05, 4.69) is 55.8 Å². The third-order valence-corrected chi connectivity index (χ3v) is 5.93. The molecular weight excluding hydrogens is 308 g/mol. The molecule has 0 aliphatic heterocycles. The molecule has 1 saturated carbocycles. The zero-order valence-corrected chi connectivity index (χ0v) is 14.0. The number of halogens is 2. The first-order valence-electron chi connectivity index (χ1n) is 6.73. The fraction of sp³-hybridized carbons (Fsp3) is 0.625. The van der Waals surface area contributed by atoms with E-state index in [0.29, 0.717) is 11.3 Å². The Kier molecular flexibility index (Phi) is 4.14. The average molecular weight is 330 g/mol. The minimum Gasteiger partial charge on any atom is -0.117 e. The zero-order chi connectivity index (χ0) is 13.5. The lowest BCUT2D eigenvalue weighted by atomic mass is 9.77. The van der Waals surface area contributed by atoms with Crippen LogP contribution in [-0.4, -0.2) is 0 Å². The van der Waals surface area contributed by atoms with Gasteiger partial charge in [0.1, 0.15) is 0 Å². The Morgan fingerprint density at radius 3 is 2.50 bits per heavy atom. The topological polar surface area (TPSA) is 0 Å². The van der Waals surface area contributed by atoms with Crippen molar-refractivity contribution in [1.82, 2.24) is 0 Å². The molecule has 0 radical (unpaired) electrons. The monoisotopic (exact) mass is 328 g/mol. The van der Waals surface area contributed by atoms with E-state index in [1.54, 1.807) is 0 Å². The van der Waals surface area contributed by atoms with Crippen LogP contribution in [0.5, 0.6) is 0 Å². The second-order valence-corrected chi connectivity index (χ2v) is 7.67. The minimum atomic E-state index is 0.147. The van der Waals surface area contributed by atoms with Gasteiger partial charge in [0.25, 0.3) is 0 Å². The van der Waals surface area contributed by atoms with Crippen LogP contribution in [0.15, 0.2) is 16.6 Å². The summed E-state index contributed by atoms with van der Waals surface area (Å²) in [5.41, 5.74) is 4.27. The summed E-state index contributed by atoms with van der Waals surface area (Å²) in [6.07, 6.45) is 3.88. The second-order valence-electron chi connectivity index (χ2n) is 6.35. The summed E-state index contributed by atoms with van der Waals surface area (Å²) in [4.78, 5) is 0. The van der Waals surface area contributed by atoms with E-state index in [9.17, 15) is 0 Å². The Labute approximate surface area is 124 Å². The van der Waals surface area contributed by atoms with Crippen molar-refractivity contribution in [1.29, 1.82) is 0 Å². The predicted octanol–water partition coefficient (Wildman–Crippen LogP) is 6.17. The van der Waals surface area contributed by atoms with Crippen molar-refractivity contribution in [2.24, 2.45) is 11.3 Å². The third kappa shape index (κ3) is 2.63. The van der Waals surface area contributed by atoms with Crippen molar-refractivity contribution >= 4 is 27.5 Å². The van der Waals surface area contributed by atoms with E-state index >= 15 is 0 Å². The molecule has 0 nitrogen and oxygen atoms in total. The van der Waals surface area contributed by atoms with E-state index in [-0.39, 0.29) is 5.38 Å². The largest absolute Gasteiger partial charge is 0.117 e. The van der Waals surface area contributed by atoms with Crippen LogP contribution in [0.25, 0.3) is 0 Å². The van der Waals surface area contributed by atoms with Gasteiger partial charge in [0.05, 0.1) is 5.38 Å². The van der Waals surface area contributed by atoms with Crippen molar-refractivity contribution in [3.63, 3.8) is 0 Å². The van der Waals surface area contributed by atoms with Gasteiger partial charge in [-0.1, -0.05) is 42.3 Å². The summed E-state index contributed by atoms with van der Waals surface area (Å²) >= 11 is 10.4. The zero-order valence-electron chi connectivity index (χ0n) is 11.7. The van der Waals surface area contributed by atoms with Crippen molar-refractivity contribution in [2.45, 2.75) is 52.3 Å². The molecule has 1 aromatic rings. The van der Waals surface area contributed by atoms with Crippen molar-refractivity contribution < 1.29 is 0 Å². The highest BCUT2D eigenvalue weighted by atomic mass is 79.9.